The molecule has 0 aliphatic heterocycles. The summed E-state index contributed by atoms with van der Waals surface area (Å²) >= 11 is 3.47. The molecule has 1 N–H and O–H groups in total. The van der Waals surface area contributed by atoms with Crippen LogP contribution in [0.2, 0.25) is 0 Å². The molecule has 1 fully saturated rings. The van der Waals surface area contributed by atoms with E-state index in [2.05, 4.69) is 28.2 Å². The van der Waals surface area contributed by atoms with E-state index in [1.165, 1.54) is 19.3 Å². The minimum absolute atomic E-state index is 0.0564. The number of hydrogen-bond donors (Lipinski definition) is 1. The van der Waals surface area contributed by atoms with Crippen molar-refractivity contribution in [2.75, 3.05) is 0 Å². The summed E-state index contributed by atoms with van der Waals surface area (Å²) in [5.74, 6) is 0.696. The number of halogens is 1. The Bertz CT molecular complexity index is 458. The Morgan fingerprint density at radius 1 is 1.37 bits per heavy atom. The van der Waals surface area contributed by atoms with Crippen LogP contribution in [0, 0.1) is 12.8 Å². The predicted octanol–water partition coefficient (Wildman–Crippen LogP) is 4.46. The Labute approximate surface area is 124 Å². The average Bonchev–Trinajstić information content (AvgIpc) is 2.42. The molecule has 0 radical (unpaired) electrons. The molecule has 3 heteroatoms. The zero-order valence-electron chi connectivity index (χ0n) is 11.7. The van der Waals surface area contributed by atoms with Gasteiger partial charge in [-0.05, 0) is 53.7 Å². The minimum atomic E-state index is 0.0564. The van der Waals surface area contributed by atoms with Crippen molar-refractivity contribution in [2.24, 2.45) is 5.92 Å². The molecular formula is C16H22BrNO. The van der Waals surface area contributed by atoms with Crippen LogP contribution >= 0.6 is 15.9 Å². The van der Waals surface area contributed by atoms with Crippen molar-refractivity contribution in [3.8, 4) is 0 Å². The number of carbonyl (C=O) groups is 1. The van der Waals surface area contributed by atoms with E-state index in [9.17, 15) is 4.79 Å². The number of carbonyl (C=O) groups excluding carboxylic acids is 1. The van der Waals surface area contributed by atoms with Gasteiger partial charge in [0.1, 0.15) is 0 Å². The van der Waals surface area contributed by atoms with Crippen LogP contribution in [0.1, 0.15) is 54.9 Å². The van der Waals surface area contributed by atoms with E-state index in [1.54, 1.807) is 0 Å². The fourth-order valence-electron chi connectivity index (χ4n) is 2.95. The van der Waals surface area contributed by atoms with Gasteiger partial charge in [0.25, 0.3) is 5.91 Å². The third-order valence-corrected chi connectivity index (χ3v) is 4.81. The number of benzene rings is 1. The highest BCUT2D eigenvalue weighted by molar-refractivity contribution is 9.10. The van der Waals surface area contributed by atoms with Crippen molar-refractivity contribution >= 4 is 21.8 Å². The van der Waals surface area contributed by atoms with E-state index in [0.29, 0.717) is 12.0 Å². The van der Waals surface area contributed by atoms with Crippen LogP contribution in [0.3, 0.4) is 0 Å². The Hall–Kier alpha value is -0.830. The van der Waals surface area contributed by atoms with E-state index >= 15 is 0 Å². The summed E-state index contributed by atoms with van der Waals surface area (Å²) < 4.78 is 0.874. The van der Waals surface area contributed by atoms with E-state index < -0.39 is 0 Å². The first-order valence-electron chi connectivity index (χ1n) is 7.19. The van der Waals surface area contributed by atoms with Gasteiger partial charge in [0.15, 0.2) is 0 Å². The van der Waals surface area contributed by atoms with Crippen molar-refractivity contribution in [1.29, 1.82) is 0 Å². The van der Waals surface area contributed by atoms with Crippen LogP contribution < -0.4 is 5.32 Å². The Morgan fingerprint density at radius 3 is 2.84 bits per heavy atom. The topological polar surface area (TPSA) is 29.1 Å². The molecule has 19 heavy (non-hydrogen) atoms. The van der Waals surface area contributed by atoms with Gasteiger partial charge in [-0.1, -0.05) is 37.8 Å². The second kappa shape index (κ2) is 6.56. The first-order valence-corrected chi connectivity index (χ1v) is 7.98. The summed E-state index contributed by atoms with van der Waals surface area (Å²) in [4.78, 5) is 12.4. The lowest BCUT2D eigenvalue weighted by Gasteiger charge is -2.31. The molecule has 0 aromatic heterocycles. The first kappa shape index (κ1) is 14.6. The van der Waals surface area contributed by atoms with Crippen molar-refractivity contribution in [1.82, 2.24) is 5.32 Å². The molecule has 2 rings (SSSR count). The Morgan fingerprint density at radius 2 is 2.11 bits per heavy atom. The van der Waals surface area contributed by atoms with Gasteiger partial charge in [-0.2, -0.15) is 0 Å². The predicted molar refractivity (Wildman–Crippen MR) is 82.4 cm³/mol. The standard InChI is InChI=1S/C16H22BrNO/c1-3-12-6-4-5-7-15(12)18-16(19)13-10-11(2)8-9-14(13)17/h8-10,12,15H,3-7H2,1-2H3,(H,18,19). The molecule has 0 heterocycles. The lowest BCUT2D eigenvalue weighted by molar-refractivity contribution is 0.0904. The normalized spacial score (nSPS) is 23.1. The Balaban J connectivity index is 2.09. The quantitative estimate of drug-likeness (QED) is 0.874. The van der Waals surface area contributed by atoms with Crippen molar-refractivity contribution in [2.45, 2.75) is 52.0 Å². The van der Waals surface area contributed by atoms with Gasteiger partial charge in [0.05, 0.1) is 5.56 Å². The average molecular weight is 324 g/mol. The molecule has 1 aliphatic carbocycles. The van der Waals surface area contributed by atoms with Gasteiger partial charge in [-0.25, -0.2) is 0 Å². The largest absolute Gasteiger partial charge is 0.349 e. The van der Waals surface area contributed by atoms with Crippen LogP contribution in [0.15, 0.2) is 22.7 Å². The summed E-state index contributed by atoms with van der Waals surface area (Å²) in [5.41, 5.74) is 1.87. The van der Waals surface area contributed by atoms with Crippen LogP contribution in [-0.4, -0.2) is 11.9 Å². The third-order valence-electron chi connectivity index (χ3n) is 4.12. The SMILES string of the molecule is CCC1CCCCC1NC(=O)c1cc(C)ccc1Br. The highest BCUT2D eigenvalue weighted by Crippen LogP contribution is 2.27. The first-order chi connectivity index (χ1) is 9.11. The van der Waals surface area contributed by atoms with Crippen LogP contribution in [-0.2, 0) is 0 Å². The Kier molecular flexibility index (Phi) is 5.03. The molecule has 2 unspecified atom stereocenters. The molecule has 1 aromatic carbocycles. The van der Waals surface area contributed by atoms with Crippen molar-refractivity contribution in [3.05, 3.63) is 33.8 Å². The zero-order chi connectivity index (χ0) is 13.8. The molecule has 1 aromatic rings. The molecule has 1 aliphatic rings. The van der Waals surface area contributed by atoms with Crippen LogP contribution in [0.25, 0.3) is 0 Å². The van der Waals surface area contributed by atoms with Crippen LogP contribution in [0.4, 0.5) is 0 Å². The molecule has 1 amide bonds. The second-order valence-corrected chi connectivity index (χ2v) is 6.37. The van der Waals surface area contributed by atoms with Gasteiger partial charge in [-0.3, -0.25) is 4.79 Å². The molecule has 2 nitrogen and oxygen atoms in total. The number of amides is 1. The maximum absolute atomic E-state index is 12.4. The molecular weight excluding hydrogens is 302 g/mol. The van der Waals surface area contributed by atoms with Crippen molar-refractivity contribution < 1.29 is 4.79 Å². The van der Waals surface area contributed by atoms with Crippen molar-refractivity contribution in [3.63, 3.8) is 0 Å². The molecule has 0 spiro atoms. The number of nitrogens with one attached hydrogen (secondary N) is 1. The van der Waals surface area contributed by atoms with E-state index in [1.807, 2.05) is 25.1 Å². The van der Waals surface area contributed by atoms with E-state index in [-0.39, 0.29) is 5.91 Å². The van der Waals surface area contributed by atoms with Crippen LogP contribution in [0.5, 0.6) is 0 Å². The van der Waals surface area contributed by atoms with Gasteiger partial charge >= 0.3 is 0 Å². The summed E-state index contributed by atoms with van der Waals surface area (Å²) in [7, 11) is 0. The molecule has 0 bridgehead atoms. The van der Waals surface area contributed by atoms with Gasteiger partial charge in [0, 0.05) is 10.5 Å². The molecule has 0 saturated heterocycles. The maximum Gasteiger partial charge on any atom is 0.252 e. The van der Waals surface area contributed by atoms with E-state index in [0.717, 1.165) is 28.4 Å². The fourth-order valence-corrected chi connectivity index (χ4v) is 3.37. The summed E-state index contributed by atoms with van der Waals surface area (Å²) in [6, 6.07) is 6.25. The summed E-state index contributed by atoms with van der Waals surface area (Å²) in [6.07, 6.45) is 6.06. The van der Waals surface area contributed by atoms with Gasteiger partial charge < -0.3 is 5.32 Å². The lowest BCUT2D eigenvalue weighted by atomic mass is 9.83. The number of aryl methyl sites for hydroxylation is 1. The molecule has 2 atom stereocenters. The maximum atomic E-state index is 12.4. The second-order valence-electron chi connectivity index (χ2n) is 5.52. The van der Waals surface area contributed by atoms with Gasteiger partial charge in [-0.15, -0.1) is 0 Å². The fraction of sp³-hybridized carbons (Fsp3) is 0.562. The number of rotatable bonds is 3. The molecule has 1 saturated carbocycles. The minimum Gasteiger partial charge on any atom is -0.349 e. The van der Waals surface area contributed by atoms with E-state index in [4.69, 9.17) is 0 Å². The summed E-state index contributed by atoms with van der Waals surface area (Å²) in [5, 5.41) is 3.24. The third kappa shape index (κ3) is 3.59. The highest BCUT2D eigenvalue weighted by Gasteiger charge is 2.25. The lowest BCUT2D eigenvalue weighted by Crippen LogP contribution is -2.42. The highest BCUT2D eigenvalue weighted by atomic mass is 79.9. The van der Waals surface area contributed by atoms with Gasteiger partial charge in [0.2, 0.25) is 0 Å². The summed E-state index contributed by atoms with van der Waals surface area (Å²) in [6.45, 7) is 4.23. The zero-order valence-corrected chi connectivity index (χ0v) is 13.3. The number of hydrogen-bond acceptors (Lipinski definition) is 1. The monoisotopic (exact) mass is 323 g/mol. The smallest absolute Gasteiger partial charge is 0.252 e. The molecule has 104 valence electrons.